The van der Waals surface area contributed by atoms with Gasteiger partial charge in [-0.3, -0.25) is 4.79 Å². The molecule has 2 aliphatic rings. The van der Waals surface area contributed by atoms with E-state index in [0.717, 1.165) is 31.7 Å². The second kappa shape index (κ2) is 12.3. The van der Waals surface area contributed by atoms with Gasteiger partial charge in [0, 0.05) is 44.5 Å². The van der Waals surface area contributed by atoms with Crippen molar-refractivity contribution in [1.82, 2.24) is 30.2 Å². The predicted molar refractivity (Wildman–Crippen MR) is 141 cm³/mol. The van der Waals surface area contributed by atoms with E-state index in [9.17, 15) is 9.18 Å². The molecule has 0 atom stereocenters. The van der Waals surface area contributed by atoms with E-state index in [1.807, 2.05) is 12.1 Å². The number of nitrogens with zero attached hydrogens (tertiary/aromatic N) is 6. The molecule has 2 N–H and O–H groups in total. The van der Waals surface area contributed by atoms with E-state index >= 15 is 0 Å². The van der Waals surface area contributed by atoms with Crippen molar-refractivity contribution < 1.29 is 18.7 Å². The molecule has 2 saturated heterocycles. The van der Waals surface area contributed by atoms with E-state index in [1.165, 1.54) is 12.1 Å². The number of carbonyl (C=O) groups excluding carboxylic acids is 1. The molecule has 0 aliphatic carbocycles. The van der Waals surface area contributed by atoms with Crippen molar-refractivity contribution in [1.29, 1.82) is 5.26 Å². The van der Waals surface area contributed by atoms with E-state index in [1.54, 1.807) is 18.3 Å². The first-order chi connectivity index (χ1) is 19.0. The number of benzene rings is 1. The topological polar surface area (TPSA) is 132 Å². The number of ether oxygens (including phenoxy) is 2. The number of anilines is 1. The number of carbonyl (C=O) groups is 1. The summed E-state index contributed by atoms with van der Waals surface area (Å²) in [5.74, 6) is 0.315. The Morgan fingerprint density at radius 3 is 2.62 bits per heavy atom. The Hall–Kier alpha value is -3.92. The number of piperazine rings is 1. The third kappa shape index (κ3) is 6.57. The number of nitriles is 1. The highest BCUT2D eigenvalue weighted by Crippen LogP contribution is 2.31. The van der Waals surface area contributed by atoms with Crippen molar-refractivity contribution >= 4 is 11.9 Å². The van der Waals surface area contributed by atoms with Gasteiger partial charge in [0.05, 0.1) is 55.1 Å². The highest BCUT2D eigenvalue weighted by Gasteiger charge is 2.29. The van der Waals surface area contributed by atoms with E-state index in [4.69, 9.17) is 24.7 Å². The van der Waals surface area contributed by atoms with Crippen molar-refractivity contribution in [2.45, 2.75) is 19.1 Å². The standard InChI is InChI=1S/C27H31FN8O3/c1-35-11-13-36(14-12-35)27-31-10-7-21(32-27)25-24(18-3-5-20(28)6-4-18)33-22(34-25)15-23-38-16-19(17-39-23)26(37)30-9-2-8-29/h3-7,10,19,23H,2,9,11-17H2,1H3,(H,30,37)(H,33,34). The summed E-state index contributed by atoms with van der Waals surface area (Å²) in [7, 11) is 2.10. The molecule has 1 amide bonds. The number of aromatic nitrogens is 4. The molecule has 0 bridgehead atoms. The minimum absolute atomic E-state index is 0.192. The Morgan fingerprint density at radius 1 is 1.15 bits per heavy atom. The first kappa shape index (κ1) is 26.7. The number of hydrogen-bond donors (Lipinski definition) is 2. The molecule has 0 unspecified atom stereocenters. The van der Waals surface area contributed by atoms with Gasteiger partial charge in [0.15, 0.2) is 6.29 Å². The molecule has 3 aromatic rings. The zero-order valence-electron chi connectivity index (χ0n) is 21.8. The van der Waals surface area contributed by atoms with Crippen molar-refractivity contribution in [2.75, 3.05) is 57.9 Å². The molecule has 2 fully saturated rings. The number of hydrogen-bond acceptors (Lipinski definition) is 9. The fourth-order valence-electron chi connectivity index (χ4n) is 4.52. The second-order valence-corrected chi connectivity index (χ2v) is 9.64. The van der Waals surface area contributed by atoms with Crippen molar-refractivity contribution in [3.05, 3.63) is 48.2 Å². The van der Waals surface area contributed by atoms with Crippen LogP contribution in [0.25, 0.3) is 22.6 Å². The third-order valence-corrected chi connectivity index (χ3v) is 6.79. The van der Waals surface area contributed by atoms with Gasteiger partial charge in [0.1, 0.15) is 11.6 Å². The zero-order valence-corrected chi connectivity index (χ0v) is 21.8. The molecule has 0 radical (unpaired) electrons. The summed E-state index contributed by atoms with van der Waals surface area (Å²) in [5.41, 5.74) is 2.75. The molecule has 204 valence electrons. The molecule has 12 heteroatoms. The first-order valence-electron chi connectivity index (χ1n) is 13.0. The smallest absolute Gasteiger partial charge is 0.227 e. The van der Waals surface area contributed by atoms with Gasteiger partial charge in [-0.15, -0.1) is 0 Å². The molecular weight excluding hydrogens is 503 g/mol. The maximum atomic E-state index is 13.7. The molecular formula is C27H31FN8O3. The van der Waals surface area contributed by atoms with Crippen LogP contribution >= 0.6 is 0 Å². The van der Waals surface area contributed by atoms with Crippen LogP contribution in [0.2, 0.25) is 0 Å². The summed E-state index contributed by atoms with van der Waals surface area (Å²) < 4.78 is 25.3. The number of nitrogens with one attached hydrogen (secondary N) is 2. The van der Waals surface area contributed by atoms with E-state index in [0.29, 0.717) is 41.8 Å². The lowest BCUT2D eigenvalue weighted by Crippen LogP contribution is -2.45. The molecule has 39 heavy (non-hydrogen) atoms. The molecule has 5 rings (SSSR count). The molecule has 11 nitrogen and oxygen atoms in total. The lowest BCUT2D eigenvalue weighted by Gasteiger charge is -2.32. The monoisotopic (exact) mass is 534 g/mol. The Labute approximate surface area is 226 Å². The van der Waals surface area contributed by atoms with Crippen molar-refractivity contribution in [3.63, 3.8) is 0 Å². The molecule has 1 aromatic carbocycles. The maximum absolute atomic E-state index is 13.7. The molecule has 4 heterocycles. The number of halogens is 1. The number of imidazole rings is 1. The van der Waals surface area contributed by atoms with Crippen molar-refractivity contribution in [2.24, 2.45) is 5.92 Å². The Bertz CT molecular complexity index is 1310. The van der Waals surface area contributed by atoms with Crippen LogP contribution in [0.4, 0.5) is 10.3 Å². The van der Waals surface area contributed by atoms with Crippen LogP contribution in [-0.4, -0.2) is 90.0 Å². The molecule has 0 saturated carbocycles. The lowest BCUT2D eigenvalue weighted by molar-refractivity contribution is -0.200. The number of H-pyrrole nitrogens is 1. The highest BCUT2D eigenvalue weighted by atomic mass is 19.1. The number of amides is 1. The van der Waals surface area contributed by atoms with Crippen LogP contribution in [0.5, 0.6) is 0 Å². The zero-order chi connectivity index (χ0) is 27.2. The van der Waals surface area contributed by atoms with Gasteiger partial charge < -0.3 is 29.6 Å². The minimum Gasteiger partial charge on any atom is -0.355 e. The van der Waals surface area contributed by atoms with Crippen LogP contribution in [0.1, 0.15) is 12.2 Å². The average molecular weight is 535 g/mol. The number of rotatable bonds is 8. The quantitative estimate of drug-likeness (QED) is 0.416. The van der Waals surface area contributed by atoms with Gasteiger partial charge >= 0.3 is 0 Å². The van der Waals surface area contributed by atoms with Crippen LogP contribution in [-0.2, 0) is 20.7 Å². The third-order valence-electron chi connectivity index (χ3n) is 6.79. The summed E-state index contributed by atoms with van der Waals surface area (Å²) >= 11 is 0. The fourth-order valence-corrected chi connectivity index (χ4v) is 4.52. The fraction of sp³-hybridized carbons (Fsp3) is 0.444. The average Bonchev–Trinajstić information content (AvgIpc) is 3.38. The van der Waals surface area contributed by atoms with Gasteiger partial charge in [-0.25, -0.2) is 19.3 Å². The first-order valence-corrected chi connectivity index (χ1v) is 13.0. The lowest BCUT2D eigenvalue weighted by atomic mass is 10.1. The van der Waals surface area contributed by atoms with E-state index in [-0.39, 0.29) is 31.4 Å². The van der Waals surface area contributed by atoms with Crippen LogP contribution < -0.4 is 10.2 Å². The Morgan fingerprint density at radius 2 is 1.90 bits per heavy atom. The highest BCUT2D eigenvalue weighted by molar-refractivity contribution is 5.79. The second-order valence-electron chi connectivity index (χ2n) is 9.64. The summed E-state index contributed by atoms with van der Waals surface area (Å²) in [5, 5.41) is 11.4. The minimum atomic E-state index is -0.584. The summed E-state index contributed by atoms with van der Waals surface area (Å²) in [6.45, 7) is 4.28. The van der Waals surface area contributed by atoms with E-state index < -0.39 is 12.2 Å². The SMILES string of the molecule is CN1CCN(c2nccc(-c3[nH]c(CC4OCC(C(=O)NCCC#N)CO4)nc3-c3ccc(F)cc3)n2)CC1. The number of aromatic amines is 1. The van der Waals surface area contributed by atoms with Crippen LogP contribution in [0.15, 0.2) is 36.5 Å². The molecule has 2 aromatic heterocycles. The molecule has 2 aliphatic heterocycles. The Balaban J connectivity index is 1.34. The largest absolute Gasteiger partial charge is 0.355 e. The van der Waals surface area contributed by atoms with Gasteiger partial charge in [0.2, 0.25) is 11.9 Å². The summed E-state index contributed by atoms with van der Waals surface area (Å²) in [6.07, 6.45) is 1.73. The van der Waals surface area contributed by atoms with Gasteiger partial charge in [0.25, 0.3) is 0 Å². The number of likely N-dealkylation sites (N-methyl/N-ethyl adjacent to an activating group) is 1. The van der Waals surface area contributed by atoms with Crippen LogP contribution in [0, 0.1) is 23.1 Å². The summed E-state index contributed by atoms with van der Waals surface area (Å²) in [6, 6.07) is 9.99. The van der Waals surface area contributed by atoms with Crippen LogP contribution in [0.3, 0.4) is 0 Å². The predicted octanol–water partition coefficient (Wildman–Crippen LogP) is 1.99. The van der Waals surface area contributed by atoms with E-state index in [2.05, 4.69) is 32.1 Å². The maximum Gasteiger partial charge on any atom is 0.227 e. The summed E-state index contributed by atoms with van der Waals surface area (Å²) in [4.78, 5) is 34.2. The van der Waals surface area contributed by atoms with Crippen molar-refractivity contribution in [3.8, 4) is 28.7 Å². The van der Waals surface area contributed by atoms with Gasteiger partial charge in [-0.05, 0) is 37.4 Å². The Kier molecular flexibility index (Phi) is 8.41. The van der Waals surface area contributed by atoms with Gasteiger partial charge in [-0.1, -0.05) is 0 Å². The van der Waals surface area contributed by atoms with Gasteiger partial charge in [-0.2, -0.15) is 5.26 Å². The normalized spacial score (nSPS) is 20.0. The molecule has 0 spiro atoms.